The molecule has 0 aliphatic heterocycles. The van der Waals surface area contributed by atoms with E-state index in [2.05, 4.69) is 5.32 Å². The van der Waals surface area contributed by atoms with Crippen LogP contribution in [0.1, 0.15) is 28.9 Å². The molecule has 0 saturated carbocycles. The van der Waals surface area contributed by atoms with Gasteiger partial charge in [-0.2, -0.15) is 0 Å². The molecule has 3 aromatic carbocycles. The standard InChI is InChI=1S/C23H24N2O4S/c1-17(21-11-7-8-12-22(21)29-3)24-23(26)18-13-15-19(16-14-18)25(2)30(27,28)20-9-5-4-6-10-20/h4-17H,1-3H3,(H,24,26)/t17-/m0/s1. The smallest absolute Gasteiger partial charge is 0.264 e. The van der Waals surface area contributed by atoms with Crippen LogP contribution in [0.5, 0.6) is 5.75 Å². The number of carbonyl (C=O) groups is 1. The average Bonchev–Trinajstić information content (AvgIpc) is 2.79. The Bertz CT molecular complexity index is 1110. The van der Waals surface area contributed by atoms with E-state index in [1.165, 1.54) is 11.4 Å². The van der Waals surface area contributed by atoms with Crippen LogP contribution in [0.2, 0.25) is 0 Å². The van der Waals surface area contributed by atoms with Gasteiger partial charge in [0.1, 0.15) is 5.75 Å². The Kier molecular flexibility index (Phi) is 6.42. The van der Waals surface area contributed by atoms with Gasteiger partial charge in [0, 0.05) is 18.2 Å². The summed E-state index contributed by atoms with van der Waals surface area (Å²) in [6, 6.07) is 21.9. The Labute approximate surface area is 177 Å². The highest BCUT2D eigenvalue weighted by atomic mass is 32.2. The third-order valence-corrected chi connectivity index (χ3v) is 6.65. The van der Waals surface area contributed by atoms with E-state index in [1.807, 2.05) is 31.2 Å². The van der Waals surface area contributed by atoms with Crippen LogP contribution in [0.3, 0.4) is 0 Å². The Morgan fingerprint density at radius 2 is 1.53 bits per heavy atom. The summed E-state index contributed by atoms with van der Waals surface area (Å²) >= 11 is 0. The van der Waals surface area contributed by atoms with E-state index in [0.717, 1.165) is 5.56 Å². The van der Waals surface area contributed by atoms with E-state index >= 15 is 0 Å². The first kappa shape index (κ1) is 21.4. The van der Waals surface area contributed by atoms with Crippen molar-refractivity contribution in [2.24, 2.45) is 0 Å². The van der Waals surface area contributed by atoms with Gasteiger partial charge in [0.05, 0.1) is 23.7 Å². The van der Waals surface area contributed by atoms with Crippen LogP contribution in [0.15, 0.2) is 83.8 Å². The first-order valence-electron chi connectivity index (χ1n) is 9.42. The summed E-state index contributed by atoms with van der Waals surface area (Å²) in [4.78, 5) is 12.9. The van der Waals surface area contributed by atoms with E-state index in [0.29, 0.717) is 17.0 Å². The van der Waals surface area contributed by atoms with Crippen molar-refractivity contribution >= 4 is 21.6 Å². The summed E-state index contributed by atoms with van der Waals surface area (Å²) in [6.07, 6.45) is 0. The number of amides is 1. The van der Waals surface area contributed by atoms with Gasteiger partial charge in [0.2, 0.25) is 0 Å². The second-order valence-corrected chi connectivity index (χ2v) is 8.74. The summed E-state index contributed by atoms with van der Waals surface area (Å²) in [6.45, 7) is 1.88. The van der Waals surface area contributed by atoms with Gasteiger partial charge in [-0.25, -0.2) is 8.42 Å². The van der Waals surface area contributed by atoms with Gasteiger partial charge in [-0.05, 0) is 49.4 Å². The predicted octanol–water partition coefficient (Wildman–Crippen LogP) is 4.01. The van der Waals surface area contributed by atoms with Gasteiger partial charge in [0.25, 0.3) is 15.9 Å². The molecule has 156 valence electrons. The first-order valence-corrected chi connectivity index (χ1v) is 10.9. The molecule has 0 spiro atoms. The van der Waals surface area contributed by atoms with Gasteiger partial charge in [0.15, 0.2) is 0 Å². The summed E-state index contributed by atoms with van der Waals surface area (Å²) in [5.41, 5.74) is 1.78. The molecule has 0 radical (unpaired) electrons. The lowest BCUT2D eigenvalue weighted by molar-refractivity contribution is 0.0939. The monoisotopic (exact) mass is 424 g/mol. The maximum atomic E-state index is 12.7. The molecule has 3 aromatic rings. The molecule has 0 saturated heterocycles. The number of ether oxygens (including phenoxy) is 1. The topological polar surface area (TPSA) is 75.7 Å². The number of carbonyl (C=O) groups excluding carboxylic acids is 1. The second kappa shape index (κ2) is 9.00. The van der Waals surface area contributed by atoms with Crippen LogP contribution in [0.4, 0.5) is 5.69 Å². The van der Waals surface area contributed by atoms with Crippen LogP contribution >= 0.6 is 0 Å². The number of hydrogen-bond donors (Lipinski definition) is 1. The molecule has 3 rings (SSSR count). The lowest BCUT2D eigenvalue weighted by Gasteiger charge is -2.20. The number of rotatable bonds is 7. The summed E-state index contributed by atoms with van der Waals surface area (Å²) in [7, 11) is -0.592. The largest absolute Gasteiger partial charge is 0.496 e. The summed E-state index contributed by atoms with van der Waals surface area (Å²) < 4.78 is 32.0. The molecule has 1 atom stereocenters. The van der Waals surface area contributed by atoms with Crippen LogP contribution < -0.4 is 14.4 Å². The number of nitrogens with one attached hydrogen (secondary N) is 1. The lowest BCUT2D eigenvalue weighted by atomic mass is 10.1. The quantitative estimate of drug-likeness (QED) is 0.622. The van der Waals surface area contributed by atoms with Crippen molar-refractivity contribution in [1.82, 2.24) is 5.32 Å². The fraction of sp³-hybridized carbons (Fsp3) is 0.174. The fourth-order valence-electron chi connectivity index (χ4n) is 3.09. The van der Waals surface area contributed by atoms with E-state index in [9.17, 15) is 13.2 Å². The van der Waals surface area contributed by atoms with Gasteiger partial charge in [-0.1, -0.05) is 36.4 Å². The molecule has 1 N–H and O–H groups in total. The maximum Gasteiger partial charge on any atom is 0.264 e. The normalized spacial score (nSPS) is 12.1. The SMILES string of the molecule is COc1ccccc1[C@H](C)NC(=O)c1ccc(N(C)S(=O)(=O)c2ccccc2)cc1. The van der Waals surface area contributed by atoms with E-state index in [1.54, 1.807) is 61.7 Å². The Morgan fingerprint density at radius 3 is 2.17 bits per heavy atom. The van der Waals surface area contributed by atoms with Crippen LogP contribution in [-0.2, 0) is 10.0 Å². The van der Waals surface area contributed by atoms with Gasteiger partial charge in [-0.3, -0.25) is 9.10 Å². The molecule has 30 heavy (non-hydrogen) atoms. The Balaban J connectivity index is 1.74. The average molecular weight is 425 g/mol. The van der Waals surface area contributed by atoms with Crippen molar-refractivity contribution in [2.45, 2.75) is 17.9 Å². The van der Waals surface area contributed by atoms with Crippen LogP contribution in [0, 0.1) is 0 Å². The fourth-order valence-corrected chi connectivity index (χ4v) is 4.31. The van der Waals surface area contributed by atoms with Crippen molar-refractivity contribution in [3.8, 4) is 5.75 Å². The molecule has 7 heteroatoms. The van der Waals surface area contributed by atoms with Gasteiger partial charge in [-0.15, -0.1) is 0 Å². The van der Waals surface area contributed by atoms with Crippen molar-refractivity contribution < 1.29 is 17.9 Å². The highest BCUT2D eigenvalue weighted by Gasteiger charge is 2.21. The molecule has 0 aliphatic rings. The molecule has 0 unspecified atom stereocenters. The molecule has 6 nitrogen and oxygen atoms in total. The van der Waals surface area contributed by atoms with Crippen molar-refractivity contribution in [3.63, 3.8) is 0 Å². The number of para-hydroxylation sites is 1. The van der Waals surface area contributed by atoms with Crippen LogP contribution in [-0.4, -0.2) is 28.5 Å². The molecule has 0 bridgehead atoms. The Hall–Kier alpha value is -3.32. The minimum Gasteiger partial charge on any atom is -0.496 e. The van der Waals surface area contributed by atoms with E-state index in [4.69, 9.17) is 4.74 Å². The number of benzene rings is 3. The number of sulfonamides is 1. The third-order valence-electron chi connectivity index (χ3n) is 4.85. The van der Waals surface area contributed by atoms with Crippen LogP contribution in [0.25, 0.3) is 0 Å². The number of anilines is 1. The van der Waals surface area contributed by atoms with Crippen molar-refractivity contribution in [1.29, 1.82) is 0 Å². The summed E-state index contributed by atoms with van der Waals surface area (Å²) in [5, 5.41) is 2.94. The predicted molar refractivity (Wildman–Crippen MR) is 117 cm³/mol. The minimum absolute atomic E-state index is 0.208. The van der Waals surface area contributed by atoms with E-state index < -0.39 is 10.0 Å². The highest BCUT2D eigenvalue weighted by molar-refractivity contribution is 7.92. The number of nitrogens with zero attached hydrogens (tertiary/aromatic N) is 1. The lowest BCUT2D eigenvalue weighted by Crippen LogP contribution is -2.28. The summed E-state index contributed by atoms with van der Waals surface area (Å²) in [5.74, 6) is 0.446. The zero-order valence-electron chi connectivity index (χ0n) is 17.1. The molecule has 0 fully saturated rings. The maximum absolute atomic E-state index is 12.7. The number of hydrogen-bond acceptors (Lipinski definition) is 4. The molecule has 0 aliphatic carbocycles. The molecule has 0 aromatic heterocycles. The highest BCUT2D eigenvalue weighted by Crippen LogP contribution is 2.25. The molecular weight excluding hydrogens is 400 g/mol. The van der Waals surface area contributed by atoms with E-state index in [-0.39, 0.29) is 16.8 Å². The Morgan fingerprint density at radius 1 is 0.933 bits per heavy atom. The molecular formula is C23H24N2O4S. The zero-order chi connectivity index (χ0) is 21.7. The van der Waals surface area contributed by atoms with Crippen molar-refractivity contribution in [2.75, 3.05) is 18.5 Å². The molecule has 0 heterocycles. The second-order valence-electron chi connectivity index (χ2n) is 6.77. The molecule has 1 amide bonds. The zero-order valence-corrected chi connectivity index (χ0v) is 17.9. The first-order chi connectivity index (χ1) is 14.3. The van der Waals surface area contributed by atoms with Gasteiger partial charge < -0.3 is 10.1 Å². The van der Waals surface area contributed by atoms with Crippen molar-refractivity contribution in [3.05, 3.63) is 90.0 Å². The van der Waals surface area contributed by atoms with Gasteiger partial charge >= 0.3 is 0 Å². The minimum atomic E-state index is -3.67. The number of methoxy groups -OCH3 is 1. The third kappa shape index (κ3) is 4.46.